The predicted octanol–water partition coefficient (Wildman–Crippen LogP) is 1.49. The molecular weight excluding hydrogens is 320 g/mol. The molecule has 1 unspecified atom stereocenters. The smallest absolute Gasteiger partial charge is 0.305 e. The van der Waals surface area contributed by atoms with E-state index >= 15 is 0 Å². The summed E-state index contributed by atoms with van der Waals surface area (Å²) in [5.41, 5.74) is 1.19. The van der Waals surface area contributed by atoms with E-state index in [-0.39, 0.29) is 30.1 Å². The Balaban J connectivity index is 1.78. The third-order valence-corrected chi connectivity index (χ3v) is 4.56. The molecule has 0 bridgehead atoms. The molecule has 6 heteroatoms. The minimum atomic E-state index is -0.286. The normalized spacial score (nSPS) is 16.8. The fourth-order valence-corrected chi connectivity index (χ4v) is 3.05. The second kappa shape index (κ2) is 9.20. The summed E-state index contributed by atoms with van der Waals surface area (Å²) in [7, 11) is 3.07. The summed E-state index contributed by atoms with van der Waals surface area (Å²) in [6.45, 7) is 1.60. The van der Waals surface area contributed by atoms with Crippen LogP contribution in [0.5, 0.6) is 0 Å². The Kier molecular flexibility index (Phi) is 6.98. The van der Waals surface area contributed by atoms with Crippen molar-refractivity contribution in [3.8, 4) is 0 Å². The monoisotopic (exact) mass is 346 g/mol. The van der Waals surface area contributed by atoms with Gasteiger partial charge < -0.3 is 14.5 Å². The summed E-state index contributed by atoms with van der Waals surface area (Å²) in [6.07, 6.45) is 1.92. The Bertz CT molecular complexity index is 603. The van der Waals surface area contributed by atoms with Crippen molar-refractivity contribution in [1.29, 1.82) is 0 Å². The summed E-state index contributed by atoms with van der Waals surface area (Å²) < 4.78 is 4.59. The fourth-order valence-electron chi connectivity index (χ4n) is 3.05. The minimum Gasteiger partial charge on any atom is -0.469 e. The Morgan fingerprint density at radius 3 is 2.68 bits per heavy atom. The number of likely N-dealkylation sites (tertiary alicyclic amines) is 1. The number of benzene rings is 1. The summed E-state index contributed by atoms with van der Waals surface area (Å²) >= 11 is 0. The van der Waals surface area contributed by atoms with Gasteiger partial charge in [-0.1, -0.05) is 30.3 Å². The highest BCUT2D eigenvalue weighted by atomic mass is 16.5. The molecule has 0 aliphatic carbocycles. The second-order valence-electron chi connectivity index (χ2n) is 6.42. The van der Waals surface area contributed by atoms with Crippen LogP contribution in [-0.2, 0) is 25.5 Å². The van der Waals surface area contributed by atoms with E-state index in [1.54, 1.807) is 16.8 Å². The predicted molar refractivity (Wildman–Crippen MR) is 93.7 cm³/mol. The molecule has 2 rings (SSSR count). The Morgan fingerprint density at radius 1 is 1.28 bits per heavy atom. The molecule has 25 heavy (non-hydrogen) atoms. The number of methoxy groups -OCH3 is 1. The van der Waals surface area contributed by atoms with Gasteiger partial charge in [0.05, 0.1) is 13.0 Å². The molecule has 1 aliphatic heterocycles. The van der Waals surface area contributed by atoms with E-state index in [0.29, 0.717) is 32.5 Å². The van der Waals surface area contributed by atoms with E-state index < -0.39 is 0 Å². The van der Waals surface area contributed by atoms with Crippen LogP contribution in [0.25, 0.3) is 0 Å². The summed E-state index contributed by atoms with van der Waals surface area (Å²) in [5.74, 6) is -0.548. The van der Waals surface area contributed by atoms with E-state index in [0.717, 1.165) is 6.42 Å². The maximum absolute atomic E-state index is 12.5. The highest BCUT2D eigenvalue weighted by Gasteiger charge is 2.35. The van der Waals surface area contributed by atoms with Gasteiger partial charge in [0.15, 0.2) is 0 Å². The van der Waals surface area contributed by atoms with Crippen molar-refractivity contribution in [2.75, 3.05) is 33.8 Å². The summed E-state index contributed by atoms with van der Waals surface area (Å²) in [4.78, 5) is 39.2. The molecule has 0 saturated carbocycles. The first-order chi connectivity index (χ1) is 12.0. The van der Waals surface area contributed by atoms with E-state index in [9.17, 15) is 14.4 Å². The van der Waals surface area contributed by atoms with Crippen LogP contribution in [0.2, 0.25) is 0 Å². The number of hydrogen-bond acceptors (Lipinski definition) is 4. The summed E-state index contributed by atoms with van der Waals surface area (Å²) in [5, 5.41) is 0. The topological polar surface area (TPSA) is 66.9 Å². The molecule has 1 heterocycles. The van der Waals surface area contributed by atoms with Crippen molar-refractivity contribution < 1.29 is 19.1 Å². The minimum absolute atomic E-state index is 0.0274. The van der Waals surface area contributed by atoms with Gasteiger partial charge in [-0.05, 0) is 18.4 Å². The van der Waals surface area contributed by atoms with Crippen molar-refractivity contribution in [1.82, 2.24) is 9.80 Å². The molecule has 1 aliphatic rings. The molecule has 136 valence electrons. The SMILES string of the molecule is COC(=O)CCCN(C)C(=O)C1CC(=O)N(CCc2ccccc2)C1. The lowest BCUT2D eigenvalue weighted by atomic mass is 10.1. The Hall–Kier alpha value is -2.37. The number of carbonyl (C=O) groups excluding carboxylic acids is 3. The van der Waals surface area contributed by atoms with Crippen LogP contribution >= 0.6 is 0 Å². The lowest BCUT2D eigenvalue weighted by molar-refractivity contribution is -0.141. The van der Waals surface area contributed by atoms with Crippen LogP contribution in [0, 0.1) is 5.92 Å². The van der Waals surface area contributed by atoms with E-state index in [1.807, 2.05) is 30.3 Å². The maximum atomic E-state index is 12.5. The molecule has 6 nitrogen and oxygen atoms in total. The van der Waals surface area contributed by atoms with Gasteiger partial charge in [0, 0.05) is 39.5 Å². The van der Waals surface area contributed by atoms with Crippen molar-refractivity contribution >= 4 is 17.8 Å². The van der Waals surface area contributed by atoms with Crippen molar-refractivity contribution in [2.45, 2.75) is 25.7 Å². The van der Waals surface area contributed by atoms with Crippen molar-refractivity contribution in [3.63, 3.8) is 0 Å². The lowest BCUT2D eigenvalue weighted by Gasteiger charge is -2.21. The van der Waals surface area contributed by atoms with Crippen LogP contribution in [0.15, 0.2) is 30.3 Å². The van der Waals surface area contributed by atoms with Gasteiger partial charge in [-0.15, -0.1) is 0 Å². The van der Waals surface area contributed by atoms with E-state index in [1.165, 1.54) is 12.7 Å². The van der Waals surface area contributed by atoms with Crippen LogP contribution in [0.1, 0.15) is 24.8 Å². The van der Waals surface area contributed by atoms with Gasteiger partial charge in [0.25, 0.3) is 0 Å². The highest BCUT2D eigenvalue weighted by molar-refractivity contribution is 5.89. The van der Waals surface area contributed by atoms with Gasteiger partial charge in [-0.3, -0.25) is 14.4 Å². The van der Waals surface area contributed by atoms with E-state index in [4.69, 9.17) is 0 Å². The fraction of sp³-hybridized carbons (Fsp3) is 0.526. The van der Waals surface area contributed by atoms with Crippen molar-refractivity contribution in [2.24, 2.45) is 5.92 Å². The molecule has 0 N–H and O–H groups in total. The number of carbonyl (C=O) groups is 3. The molecule has 1 aromatic rings. The van der Waals surface area contributed by atoms with Gasteiger partial charge in [0.1, 0.15) is 0 Å². The van der Waals surface area contributed by atoms with Gasteiger partial charge in [0.2, 0.25) is 11.8 Å². The first-order valence-electron chi connectivity index (χ1n) is 8.64. The van der Waals surface area contributed by atoms with Crippen LogP contribution < -0.4 is 0 Å². The quantitative estimate of drug-likeness (QED) is 0.669. The number of rotatable bonds is 8. The Morgan fingerprint density at radius 2 is 2.00 bits per heavy atom. The maximum Gasteiger partial charge on any atom is 0.305 e. The Labute approximate surface area is 148 Å². The zero-order chi connectivity index (χ0) is 18.2. The third-order valence-electron chi connectivity index (χ3n) is 4.56. The molecule has 1 atom stereocenters. The lowest BCUT2D eigenvalue weighted by Crippen LogP contribution is -2.35. The molecular formula is C19H26N2O4. The second-order valence-corrected chi connectivity index (χ2v) is 6.42. The average molecular weight is 346 g/mol. The van der Waals surface area contributed by atoms with E-state index in [2.05, 4.69) is 4.74 Å². The number of nitrogens with zero attached hydrogens (tertiary/aromatic N) is 2. The number of ether oxygens (including phenoxy) is 1. The molecule has 1 saturated heterocycles. The first-order valence-corrected chi connectivity index (χ1v) is 8.64. The largest absolute Gasteiger partial charge is 0.469 e. The number of esters is 1. The molecule has 0 radical (unpaired) electrons. The molecule has 0 spiro atoms. The van der Waals surface area contributed by atoms with Gasteiger partial charge >= 0.3 is 5.97 Å². The van der Waals surface area contributed by atoms with Crippen molar-refractivity contribution in [3.05, 3.63) is 35.9 Å². The third kappa shape index (κ3) is 5.59. The molecule has 2 amide bonds. The summed E-state index contributed by atoms with van der Waals surface area (Å²) in [6, 6.07) is 10.0. The van der Waals surface area contributed by atoms with Crippen LogP contribution in [0.4, 0.5) is 0 Å². The molecule has 1 fully saturated rings. The number of hydrogen-bond donors (Lipinski definition) is 0. The first kappa shape index (κ1) is 19.0. The zero-order valence-electron chi connectivity index (χ0n) is 14.9. The van der Waals surface area contributed by atoms with Crippen LogP contribution in [0.3, 0.4) is 0 Å². The highest BCUT2D eigenvalue weighted by Crippen LogP contribution is 2.20. The van der Waals surface area contributed by atoms with Gasteiger partial charge in [-0.2, -0.15) is 0 Å². The molecule has 1 aromatic carbocycles. The zero-order valence-corrected chi connectivity index (χ0v) is 14.9. The average Bonchev–Trinajstić information content (AvgIpc) is 3.00. The molecule has 0 aromatic heterocycles. The van der Waals surface area contributed by atoms with Crippen LogP contribution in [-0.4, -0.2) is 61.4 Å². The number of amides is 2. The standard InChI is InChI=1S/C19H26N2O4/c1-20(11-6-9-18(23)25-2)19(24)16-13-17(22)21(14-16)12-10-15-7-4-3-5-8-15/h3-5,7-8,16H,6,9-14H2,1-2H3. The van der Waals surface area contributed by atoms with Gasteiger partial charge in [-0.25, -0.2) is 0 Å².